The normalized spacial score (nSPS) is 12.8. The predicted octanol–water partition coefficient (Wildman–Crippen LogP) is 3.31. The fraction of sp³-hybridized carbons (Fsp3) is 0.400. The Labute approximate surface area is 123 Å². The number of thioether (sulfide) groups is 1. The molecule has 1 aromatic heterocycles. The molecule has 1 aromatic carbocycles. The molecule has 5 heteroatoms. The number of fused-ring (bicyclic) bond motifs is 1. The second-order valence-electron chi connectivity index (χ2n) is 5.14. The first-order valence-electron chi connectivity index (χ1n) is 6.67. The highest BCUT2D eigenvalue weighted by Crippen LogP contribution is 2.31. The van der Waals surface area contributed by atoms with Gasteiger partial charge in [-0.3, -0.25) is 10.2 Å². The lowest BCUT2D eigenvalue weighted by atomic mass is 10.1. The number of hydrogen-bond donors (Lipinski definition) is 2. The van der Waals surface area contributed by atoms with Crippen LogP contribution in [0.15, 0.2) is 28.7 Å². The van der Waals surface area contributed by atoms with Gasteiger partial charge in [-0.05, 0) is 12.0 Å². The fourth-order valence-corrected chi connectivity index (χ4v) is 3.00. The van der Waals surface area contributed by atoms with Gasteiger partial charge in [0.2, 0.25) is 0 Å². The number of amides is 1. The monoisotopic (exact) mass is 292 g/mol. The van der Waals surface area contributed by atoms with Crippen LogP contribution in [0.1, 0.15) is 36.9 Å². The number of carbonyl (C=O) groups excluding carboxylic acids is 1. The molecule has 0 bridgehead atoms. The maximum atomic E-state index is 11.8. The summed E-state index contributed by atoms with van der Waals surface area (Å²) in [6.07, 6.45) is 0. The van der Waals surface area contributed by atoms with Gasteiger partial charge in [0.15, 0.2) is 5.76 Å². The first-order chi connectivity index (χ1) is 9.54. The average molecular weight is 292 g/mol. The molecule has 1 amide bonds. The molecule has 108 valence electrons. The zero-order chi connectivity index (χ0) is 14.7. The number of nitrogen functional groups attached to an aromatic ring is 1. The van der Waals surface area contributed by atoms with Crippen LogP contribution in [-0.2, 0) is 5.75 Å². The van der Waals surface area contributed by atoms with Crippen molar-refractivity contribution in [2.75, 3.05) is 0 Å². The molecular weight excluding hydrogens is 272 g/mol. The van der Waals surface area contributed by atoms with Gasteiger partial charge < -0.3 is 4.42 Å². The van der Waals surface area contributed by atoms with Crippen molar-refractivity contribution < 1.29 is 9.21 Å². The number of nitrogens with one attached hydrogen (secondary N) is 1. The zero-order valence-electron chi connectivity index (χ0n) is 12.0. The molecule has 20 heavy (non-hydrogen) atoms. The molecule has 2 aromatic rings. The molecule has 0 saturated carbocycles. The number of para-hydroxylation sites is 1. The van der Waals surface area contributed by atoms with Gasteiger partial charge in [0, 0.05) is 22.0 Å². The van der Waals surface area contributed by atoms with Crippen LogP contribution in [0.2, 0.25) is 0 Å². The molecule has 0 spiro atoms. The van der Waals surface area contributed by atoms with Crippen molar-refractivity contribution in [3.8, 4) is 0 Å². The molecule has 1 heterocycles. The lowest BCUT2D eigenvalue weighted by molar-refractivity contribution is 0.0927. The first-order valence-corrected chi connectivity index (χ1v) is 7.72. The molecule has 0 aliphatic carbocycles. The van der Waals surface area contributed by atoms with Gasteiger partial charge >= 0.3 is 5.91 Å². The smallest absolute Gasteiger partial charge is 0.301 e. The lowest BCUT2D eigenvalue weighted by Crippen LogP contribution is -2.30. The molecule has 1 atom stereocenters. The Bertz CT molecular complexity index is 607. The molecule has 0 fully saturated rings. The van der Waals surface area contributed by atoms with E-state index in [0.29, 0.717) is 16.9 Å². The maximum Gasteiger partial charge on any atom is 0.301 e. The molecule has 0 aliphatic rings. The first kappa shape index (κ1) is 14.9. The standard InChI is InChI=1S/C15H20N2O2S/c1-9(2)10(3)20-8-12-11-6-4-5-7-13(11)19-14(12)15(18)17-16/h4-7,9-10H,8,16H2,1-3H3,(H,17,18). The fourth-order valence-electron chi connectivity index (χ4n) is 1.90. The highest BCUT2D eigenvalue weighted by Gasteiger charge is 2.20. The molecule has 0 aliphatic heterocycles. The van der Waals surface area contributed by atoms with E-state index in [2.05, 4.69) is 26.2 Å². The van der Waals surface area contributed by atoms with E-state index in [1.165, 1.54) is 0 Å². The summed E-state index contributed by atoms with van der Waals surface area (Å²) in [5, 5.41) is 1.49. The van der Waals surface area contributed by atoms with E-state index in [4.69, 9.17) is 10.3 Å². The number of hydrazine groups is 1. The van der Waals surface area contributed by atoms with Crippen LogP contribution in [0.5, 0.6) is 0 Å². The quantitative estimate of drug-likeness (QED) is 0.504. The Kier molecular flexibility index (Phi) is 4.73. The summed E-state index contributed by atoms with van der Waals surface area (Å²) >= 11 is 1.82. The van der Waals surface area contributed by atoms with Gasteiger partial charge in [-0.2, -0.15) is 11.8 Å². The highest BCUT2D eigenvalue weighted by atomic mass is 32.2. The second kappa shape index (κ2) is 6.33. The summed E-state index contributed by atoms with van der Waals surface area (Å²) in [7, 11) is 0. The molecule has 3 N–H and O–H groups in total. The summed E-state index contributed by atoms with van der Waals surface area (Å²) in [5.74, 6) is 6.49. The largest absolute Gasteiger partial charge is 0.451 e. The third-order valence-corrected chi connectivity index (χ3v) is 4.99. The van der Waals surface area contributed by atoms with Gasteiger partial charge in [-0.1, -0.05) is 39.0 Å². The lowest BCUT2D eigenvalue weighted by Gasteiger charge is -2.14. The van der Waals surface area contributed by atoms with Gasteiger partial charge in [0.25, 0.3) is 0 Å². The van der Waals surface area contributed by atoms with E-state index in [1.54, 1.807) is 0 Å². The summed E-state index contributed by atoms with van der Waals surface area (Å²) in [6, 6.07) is 7.68. The SMILES string of the molecule is CC(C)C(C)SCc1c(C(=O)NN)oc2ccccc12. The van der Waals surface area contributed by atoms with Crippen LogP contribution in [0.4, 0.5) is 0 Å². The maximum absolute atomic E-state index is 11.8. The third kappa shape index (κ3) is 2.99. The summed E-state index contributed by atoms with van der Waals surface area (Å²) in [6.45, 7) is 6.58. The molecule has 0 radical (unpaired) electrons. The van der Waals surface area contributed by atoms with Gasteiger partial charge in [-0.15, -0.1) is 0 Å². The van der Waals surface area contributed by atoms with Crippen molar-refractivity contribution in [3.63, 3.8) is 0 Å². The Hall–Kier alpha value is -1.46. The Morgan fingerprint density at radius 3 is 2.70 bits per heavy atom. The van der Waals surface area contributed by atoms with Crippen LogP contribution in [0, 0.1) is 5.92 Å². The number of carbonyl (C=O) groups is 1. The van der Waals surface area contributed by atoms with Gasteiger partial charge in [0.05, 0.1) is 0 Å². The Balaban J connectivity index is 2.35. The van der Waals surface area contributed by atoms with E-state index in [0.717, 1.165) is 22.3 Å². The molecule has 0 saturated heterocycles. The highest BCUT2D eigenvalue weighted by molar-refractivity contribution is 7.99. The zero-order valence-corrected chi connectivity index (χ0v) is 12.8. The van der Waals surface area contributed by atoms with Gasteiger partial charge in [0.1, 0.15) is 5.58 Å². The van der Waals surface area contributed by atoms with Crippen molar-refractivity contribution >= 4 is 28.6 Å². The minimum Gasteiger partial charge on any atom is -0.451 e. The summed E-state index contributed by atoms with van der Waals surface area (Å²) in [4.78, 5) is 11.8. The molecule has 1 unspecified atom stereocenters. The minimum atomic E-state index is -0.381. The van der Waals surface area contributed by atoms with Crippen LogP contribution in [0.3, 0.4) is 0 Å². The third-order valence-electron chi connectivity index (χ3n) is 3.47. The van der Waals surface area contributed by atoms with Crippen molar-refractivity contribution in [2.24, 2.45) is 11.8 Å². The van der Waals surface area contributed by atoms with Crippen molar-refractivity contribution in [2.45, 2.75) is 31.8 Å². The number of nitrogens with two attached hydrogens (primary N) is 1. The molecule has 2 rings (SSSR count). The van der Waals surface area contributed by atoms with Crippen molar-refractivity contribution in [3.05, 3.63) is 35.6 Å². The predicted molar refractivity (Wildman–Crippen MR) is 83.5 cm³/mol. The van der Waals surface area contributed by atoms with Crippen molar-refractivity contribution in [1.29, 1.82) is 0 Å². The minimum absolute atomic E-state index is 0.317. The number of rotatable bonds is 5. The Morgan fingerprint density at radius 2 is 2.05 bits per heavy atom. The van der Waals surface area contributed by atoms with E-state index < -0.39 is 0 Å². The second-order valence-corrected chi connectivity index (χ2v) is 6.51. The Morgan fingerprint density at radius 1 is 1.35 bits per heavy atom. The van der Waals surface area contributed by atoms with Crippen molar-refractivity contribution in [1.82, 2.24) is 5.43 Å². The summed E-state index contributed by atoms with van der Waals surface area (Å²) in [5.41, 5.74) is 3.79. The molecular formula is C15H20N2O2S. The van der Waals surface area contributed by atoms with Crippen LogP contribution in [-0.4, -0.2) is 11.2 Å². The number of hydrogen-bond acceptors (Lipinski definition) is 4. The average Bonchev–Trinajstić information content (AvgIpc) is 2.82. The van der Waals surface area contributed by atoms with E-state index in [-0.39, 0.29) is 5.91 Å². The van der Waals surface area contributed by atoms with E-state index in [9.17, 15) is 4.79 Å². The summed E-state index contributed by atoms with van der Waals surface area (Å²) < 4.78 is 5.64. The van der Waals surface area contributed by atoms with Crippen LogP contribution < -0.4 is 11.3 Å². The number of furan rings is 1. The molecule has 4 nitrogen and oxygen atoms in total. The van der Waals surface area contributed by atoms with E-state index in [1.807, 2.05) is 36.0 Å². The number of benzene rings is 1. The van der Waals surface area contributed by atoms with Crippen LogP contribution in [0.25, 0.3) is 11.0 Å². The topological polar surface area (TPSA) is 68.3 Å². The van der Waals surface area contributed by atoms with E-state index >= 15 is 0 Å². The van der Waals surface area contributed by atoms with Gasteiger partial charge in [-0.25, -0.2) is 5.84 Å². The van der Waals surface area contributed by atoms with Crippen LogP contribution >= 0.6 is 11.8 Å².